The number of anilines is 4. The number of benzene rings is 4. The van der Waals surface area contributed by atoms with Gasteiger partial charge in [0.2, 0.25) is 11.2 Å². The molecule has 0 radical (unpaired) electrons. The maximum atomic E-state index is 14.1. The van der Waals surface area contributed by atoms with E-state index in [0.717, 1.165) is 96.8 Å². The van der Waals surface area contributed by atoms with Crippen molar-refractivity contribution in [3.05, 3.63) is 162 Å². The molecule has 30 nitrogen and oxygen atoms in total. The molecular formula is C83H95ClN10O20S4. The number of aromatic hydroxyl groups is 1. The molecular weight excluding hydrogens is 1620 g/mol. The Morgan fingerprint density at radius 1 is 0.508 bits per heavy atom. The quantitative estimate of drug-likeness (QED) is 0.0157. The summed E-state index contributed by atoms with van der Waals surface area (Å²) in [5.41, 5.74) is 6.20. The monoisotopic (exact) mass is 1710 g/mol. The molecule has 6 aliphatic heterocycles. The van der Waals surface area contributed by atoms with Crippen molar-refractivity contribution in [2.24, 2.45) is 0 Å². The second-order valence-electron chi connectivity index (χ2n) is 29.5. The summed E-state index contributed by atoms with van der Waals surface area (Å²) in [6.07, 6.45) is -2.82. The molecule has 0 spiro atoms. The smallest absolute Gasteiger partial charge is 0.508 e. The Morgan fingerprint density at radius 3 is 1.31 bits per heavy atom. The summed E-state index contributed by atoms with van der Waals surface area (Å²) in [5, 5.41) is 17.2. The van der Waals surface area contributed by atoms with Gasteiger partial charge in [0.1, 0.15) is 56.7 Å². The molecule has 0 saturated carbocycles. The van der Waals surface area contributed by atoms with Gasteiger partial charge in [0.15, 0.2) is 0 Å². The fourth-order valence-electron chi connectivity index (χ4n) is 15.0. The Labute approximate surface area is 703 Å². The Bertz CT molecular complexity index is 5230. The molecule has 10 heterocycles. The van der Waals surface area contributed by atoms with Crippen LogP contribution in [0, 0.1) is 0 Å². The molecule has 4 aromatic heterocycles. The van der Waals surface area contributed by atoms with Gasteiger partial charge >= 0.3 is 42.6 Å². The lowest BCUT2D eigenvalue weighted by Gasteiger charge is -2.35. The summed E-state index contributed by atoms with van der Waals surface area (Å²) in [4.78, 5) is 137. The molecule has 35 heteroatoms. The number of hydrogen-bond acceptors (Lipinski definition) is 30. The first kappa shape index (κ1) is 87.2. The third kappa shape index (κ3) is 19.4. The van der Waals surface area contributed by atoms with E-state index in [2.05, 4.69) is 44.3 Å². The minimum absolute atomic E-state index is 0. The van der Waals surface area contributed by atoms with Crippen LogP contribution >= 0.6 is 55.6 Å². The number of ether oxygens (including phenoxy) is 10. The maximum Gasteiger partial charge on any atom is 0.514 e. The van der Waals surface area contributed by atoms with Gasteiger partial charge in [-0.25, -0.2) is 43.5 Å². The largest absolute Gasteiger partial charge is 0.514 e. The molecule has 14 rings (SSSR count). The molecule has 2 atom stereocenters. The van der Waals surface area contributed by atoms with Crippen LogP contribution in [-0.4, -0.2) is 198 Å². The molecule has 628 valence electrons. The van der Waals surface area contributed by atoms with Crippen LogP contribution in [0.4, 0.5) is 46.7 Å². The minimum atomic E-state index is -1.92. The zero-order valence-electron chi connectivity index (χ0n) is 67.0. The van der Waals surface area contributed by atoms with Gasteiger partial charge in [0, 0.05) is 131 Å². The van der Waals surface area contributed by atoms with Gasteiger partial charge in [-0.2, -0.15) is 0 Å². The second kappa shape index (κ2) is 38.3. The van der Waals surface area contributed by atoms with Crippen LogP contribution in [0.2, 0.25) is 0 Å². The average molecular weight is 1720 g/mol. The van der Waals surface area contributed by atoms with E-state index in [9.17, 15) is 48.3 Å². The third-order valence-corrected chi connectivity index (χ3v) is 25.7. The number of nitrogens with zero attached hydrogens (tertiary/aromatic N) is 8. The summed E-state index contributed by atoms with van der Waals surface area (Å²) in [6, 6.07) is 28.9. The van der Waals surface area contributed by atoms with Crippen molar-refractivity contribution in [1.29, 1.82) is 0 Å². The van der Waals surface area contributed by atoms with Crippen LogP contribution < -0.4 is 36.3 Å². The van der Waals surface area contributed by atoms with Crippen molar-refractivity contribution in [2.75, 3.05) is 136 Å². The number of phenols is 1. The molecule has 0 bridgehead atoms. The van der Waals surface area contributed by atoms with Crippen molar-refractivity contribution in [3.8, 4) is 34.3 Å². The molecule has 118 heavy (non-hydrogen) atoms. The first-order valence-corrected chi connectivity index (χ1v) is 43.8. The Hall–Kier alpha value is -10.1. The van der Waals surface area contributed by atoms with Crippen molar-refractivity contribution in [1.82, 2.24) is 28.9 Å². The fraction of sp³-hybridized carbons (Fsp3) is 0.434. The van der Waals surface area contributed by atoms with Gasteiger partial charge in [-0.1, -0.05) is 70.9 Å². The summed E-state index contributed by atoms with van der Waals surface area (Å²) in [6.45, 7) is 20.8. The second-order valence-corrected chi connectivity index (χ2v) is 34.9. The molecule has 8 aromatic rings. The average Bonchev–Trinajstić information content (AvgIpc) is 1.50. The van der Waals surface area contributed by atoms with Crippen LogP contribution in [0.5, 0.6) is 11.5 Å². The number of likely N-dealkylation sites (N-methyl/N-ethyl adjacent to an activating group) is 2. The van der Waals surface area contributed by atoms with Crippen molar-refractivity contribution >= 4 is 143 Å². The number of aromatic nitrogens is 4. The number of carbonyl (C=O) groups is 7. The summed E-state index contributed by atoms with van der Waals surface area (Å²) >= 11 is 0. The van der Waals surface area contributed by atoms with Crippen LogP contribution in [0.15, 0.2) is 107 Å². The molecule has 2 amide bonds. The van der Waals surface area contributed by atoms with Crippen LogP contribution in [0.3, 0.4) is 0 Å². The van der Waals surface area contributed by atoms with Gasteiger partial charge in [0.25, 0.3) is 11.1 Å². The van der Waals surface area contributed by atoms with Crippen molar-refractivity contribution < 1.29 is 86.0 Å². The number of rotatable bonds is 25. The normalized spacial score (nSPS) is 17.2. The third-order valence-electron chi connectivity index (χ3n) is 21.0. The summed E-state index contributed by atoms with van der Waals surface area (Å²) < 4.78 is 57.7. The number of halogens is 1. The predicted molar refractivity (Wildman–Crippen MR) is 456 cm³/mol. The molecule has 0 unspecified atom stereocenters. The fourth-order valence-corrected chi connectivity index (χ4v) is 18.3. The van der Waals surface area contributed by atoms with E-state index in [1.165, 1.54) is 43.2 Å². The number of pyridine rings is 4. The van der Waals surface area contributed by atoms with E-state index in [1.807, 2.05) is 62.4 Å². The Morgan fingerprint density at radius 2 is 0.907 bits per heavy atom. The van der Waals surface area contributed by atoms with E-state index < -0.39 is 59.4 Å². The predicted octanol–water partition coefficient (Wildman–Crippen LogP) is 13.8. The highest BCUT2D eigenvalue weighted by Crippen LogP contribution is 2.46. The zero-order valence-corrected chi connectivity index (χ0v) is 71.1. The first-order valence-electron chi connectivity index (χ1n) is 38.9. The molecule has 3 N–H and O–H groups in total. The van der Waals surface area contributed by atoms with E-state index in [-0.39, 0.29) is 117 Å². The molecule has 6 aliphatic rings. The highest BCUT2D eigenvalue weighted by atomic mass is 35.5. The van der Waals surface area contributed by atoms with E-state index in [1.54, 1.807) is 92.3 Å². The van der Waals surface area contributed by atoms with Gasteiger partial charge in [-0.05, 0) is 169 Å². The minimum Gasteiger partial charge on any atom is -0.508 e. The zero-order chi connectivity index (χ0) is 82.9. The van der Waals surface area contributed by atoms with Gasteiger partial charge in [-0.3, -0.25) is 20.2 Å². The van der Waals surface area contributed by atoms with E-state index >= 15 is 0 Å². The molecule has 2 saturated heterocycles. The molecule has 2 fully saturated rings. The number of carbonyl (C=O) groups excluding carboxylic acids is 7. The maximum absolute atomic E-state index is 14.1. The topological polar surface area (TPSA) is 339 Å². The van der Waals surface area contributed by atoms with Gasteiger partial charge in [0.05, 0.1) is 58.0 Å². The number of cyclic esters (lactones) is 2. The number of amides is 2. The number of nitrogens with one attached hydrogen (secondary N) is 2. The van der Waals surface area contributed by atoms with Crippen molar-refractivity contribution in [3.63, 3.8) is 0 Å². The number of phenolic OH excluding ortho intramolecular Hbond substituents is 1. The number of hydrogen-bond donors (Lipinski definition) is 3. The lowest BCUT2D eigenvalue weighted by molar-refractivity contribution is -0.175. The van der Waals surface area contributed by atoms with Crippen LogP contribution in [0.1, 0.15) is 106 Å². The molecule has 4 aromatic carbocycles. The van der Waals surface area contributed by atoms with Crippen LogP contribution in [-0.2, 0) is 103 Å². The van der Waals surface area contributed by atoms with Crippen molar-refractivity contribution in [2.45, 2.75) is 117 Å². The Balaban J connectivity index is 0.000000217. The standard InChI is InChI=1S/C44H51N5O11S2.C39H43N5O9S2.ClH/c1-7-30-31-23-29(58-42(54)59-43(3,4)5)13-14-35(31)46-37-32(30)25-49-36(37)24-34-33(38(49)50)26-57-39(51)44(34,8-2)60-41(53)56-20-22-62-61-21-19-55-40(52)45-27-9-11-28(12-10-27)48-17-15-47(6)16-18-48;1-4-27-28-20-26(45)10-11-32(28)41-34-29(27)22-44-33(34)21-31-30(35(44)46)23-52-36(47)39(31,5-2)53-38(49)51-17-19-55-54-18-16-50-37(48)40-24-6-8-25(9-7-24)43-14-12-42(3)13-15-43;/h9-14,23-24H,7-8,15-22,25-26H2,1-6H3,(H,45,52);6-11,20-21,45H,4-5,12-19,22-23H2,1-3H3,(H,40,48);1H/t44-;39-;/m00./s1. The highest BCUT2D eigenvalue weighted by Gasteiger charge is 2.53. The lowest BCUT2D eigenvalue weighted by atomic mass is 9.85. The number of piperazine rings is 2. The summed E-state index contributed by atoms with van der Waals surface area (Å²) in [7, 11) is 9.98. The highest BCUT2D eigenvalue weighted by molar-refractivity contribution is 8.77. The number of fused-ring (bicyclic) bond motifs is 10. The number of aryl methyl sites for hydroxylation is 2. The van der Waals surface area contributed by atoms with Crippen LogP contribution in [0.25, 0.3) is 44.6 Å². The van der Waals surface area contributed by atoms with Gasteiger partial charge in [-0.15, -0.1) is 12.4 Å². The molecule has 0 aliphatic carbocycles. The first-order chi connectivity index (χ1) is 56.3. The van der Waals surface area contributed by atoms with E-state index in [0.29, 0.717) is 86.8 Å². The SMILES string of the molecule is CCc1c2c(nc3ccc(O)cc13)-c1cc3c(c(=O)n1C2)COC(=O)[C@@]3(CC)OC(=O)OCCSSCCOC(=O)Nc1ccc(N2CCN(C)CC2)cc1.CCc1c2c(nc3ccc(OC(=O)OC(C)(C)C)cc13)-c1cc3c(c(=O)n1C2)COC(=O)[C@@]3(CC)OC(=O)OCCSSCCOC(=O)Nc1ccc(N2CCN(C)CC2)cc1.Cl. The lowest BCUT2D eigenvalue weighted by Crippen LogP contribution is -2.47. The van der Waals surface area contributed by atoms with E-state index in [4.69, 9.17) is 57.3 Å². The summed E-state index contributed by atoms with van der Waals surface area (Å²) in [5.74, 6) is 0.659. The number of esters is 2. The Kier molecular flexibility index (Phi) is 28.3. The van der Waals surface area contributed by atoms with Gasteiger partial charge < -0.3 is 81.2 Å².